The molecule has 0 saturated heterocycles. The predicted octanol–water partition coefficient (Wildman–Crippen LogP) is 7.99. The zero-order valence-electron chi connectivity index (χ0n) is 24.1. The number of hydrogen-bond donors (Lipinski definition) is 2. The fourth-order valence-corrected chi connectivity index (χ4v) is 5.32. The summed E-state index contributed by atoms with van der Waals surface area (Å²) in [6.07, 6.45) is 5.85. The number of carboxylic acids is 1. The number of aromatic nitrogens is 1. The Hall–Kier alpha value is -3.41. The van der Waals surface area contributed by atoms with E-state index >= 15 is 0 Å². The Bertz CT molecular complexity index is 1330. The molecular formula is C33H42N2O4. The van der Waals surface area contributed by atoms with E-state index < -0.39 is 17.9 Å². The second-order valence-corrected chi connectivity index (χ2v) is 13.1. The van der Waals surface area contributed by atoms with Gasteiger partial charge in [0.1, 0.15) is 23.2 Å². The molecule has 3 aromatic rings. The SMILES string of the molecule is CC(C)(C)C[C@H](NC(=O)c1cc2ccc(Oc3ccc(C(C)(C)C)cc3)cc2c(C2CCCCC2)n1)C(=O)O. The molecule has 0 radical (unpaired) electrons. The molecule has 39 heavy (non-hydrogen) atoms. The molecule has 1 aliphatic carbocycles. The monoisotopic (exact) mass is 530 g/mol. The van der Waals surface area contributed by atoms with Crippen LogP contribution in [0.4, 0.5) is 0 Å². The van der Waals surface area contributed by atoms with Gasteiger partial charge in [0, 0.05) is 11.3 Å². The van der Waals surface area contributed by atoms with Crippen LogP contribution >= 0.6 is 0 Å². The summed E-state index contributed by atoms with van der Waals surface area (Å²) in [7, 11) is 0. The van der Waals surface area contributed by atoms with Crippen LogP contribution in [0.2, 0.25) is 0 Å². The lowest BCUT2D eigenvalue weighted by molar-refractivity contribution is -0.140. The molecule has 6 nitrogen and oxygen atoms in total. The van der Waals surface area contributed by atoms with Gasteiger partial charge in [-0.2, -0.15) is 0 Å². The summed E-state index contributed by atoms with van der Waals surface area (Å²) < 4.78 is 6.23. The lowest BCUT2D eigenvalue weighted by atomic mass is 9.84. The van der Waals surface area contributed by atoms with E-state index in [0.717, 1.165) is 53.6 Å². The highest BCUT2D eigenvalue weighted by Crippen LogP contribution is 2.37. The van der Waals surface area contributed by atoms with Gasteiger partial charge in [0.15, 0.2) is 0 Å². The second-order valence-electron chi connectivity index (χ2n) is 13.1. The molecule has 1 saturated carbocycles. The molecule has 2 aromatic carbocycles. The molecule has 2 N–H and O–H groups in total. The van der Waals surface area contributed by atoms with Crippen LogP contribution in [0.5, 0.6) is 11.5 Å². The van der Waals surface area contributed by atoms with Crippen LogP contribution in [0.15, 0.2) is 48.5 Å². The van der Waals surface area contributed by atoms with Crippen LogP contribution in [0, 0.1) is 5.41 Å². The van der Waals surface area contributed by atoms with E-state index in [1.165, 1.54) is 12.0 Å². The normalized spacial score (nSPS) is 15.6. The highest BCUT2D eigenvalue weighted by atomic mass is 16.5. The van der Waals surface area contributed by atoms with E-state index in [2.05, 4.69) is 38.2 Å². The lowest BCUT2D eigenvalue weighted by Gasteiger charge is -2.25. The summed E-state index contributed by atoms with van der Waals surface area (Å²) in [5, 5.41) is 14.3. The fourth-order valence-electron chi connectivity index (χ4n) is 5.32. The number of nitrogens with zero attached hydrogens (tertiary/aromatic N) is 1. The van der Waals surface area contributed by atoms with Crippen LogP contribution in [-0.2, 0) is 10.2 Å². The van der Waals surface area contributed by atoms with Gasteiger partial charge in [-0.1, -0.05) is 79.0 Å². The Morgan fingerprint density at radius 1 is 0.949 bits per heavy atom. The van der Waals surface area contributed by atoms with Gasteiger partial charge < -0.3 is 15.2 Å². The molecule has 1 aliphatic rings. The van der Waals surface area contributed by atoms with E-state index in [1.54, 1.807) is 6.07 Å². The topological polar surface area (TPSA) is 88.5 Å². The number of carbonyl (C=O) groups is 2. The van der Waals surface area contributed by atoms with Crippen LogP contribution in [-0.4, -0.2) is 28.0 Å². The maximum Gasteiger partial charge on any atom is 0.326 e. The van der Waals surface area contributed by atoms with Crippen molar-refractivity contribution in [1.29, 1.82) is 0 Å². The van der Waals surface area contributed by atoms with Crippen molar-refractivity contribution in [2.45, 2.75) is 97.4 Å². The van der Waals surface area contributed by atoms with Gasteiger partial charge in [0.05, 0.1) is 5.69 Å². The van der Waals surface area contributed by atoms with Crippen molar-refractivity contribution in [1.82, 2.24) is 10.3 Å². The molecule has 1 amide bonds. The van der Waals surface area contributed by atoms with Crippen molar-refractivity contribution in [2.75, 3.05) is 0 Å². The van der Waals surface area contributed by atoms with Crippen LogP contribution in [0.25, 0.3) is 10.8 Å². The third-order valence-electron chi connectivity index (χ3n) is 7.43. The van der Waals surface area contributed by atoms with Crippen molar-refractivity contribution < 1.29 is 19.4 Å². The van der Waals surface area contributed by atoms with Gasteiger partial charge in [0.2, 0.25) is 0 Å². The zero-order chi connectivity index (χ0) is 28.4. The van der Waals surface area contributed by atoms with E-state index in [-0.39, 0.29) is 22.4 Å². The minimum atomic E-state index is -1.04. The third-order valence-corrected chi connectivity index (χ3v) is 7.43. The number of hydrogen-bond acceptors (Lipinski definition) is 4. The first-order valence-corrected chi connectivity index (χ1v) is 14.1. The molecule has 0 unspecified atom stereocenters. The fraction of sp³-hybridized carbons (Fsp3) is 0.485. The Balaban J connectivity index is 1.67. The van der Waals surface area contributed by atoms with Crippen LogP contribution in [0.3, 0.4) is 0 Å². The number of carboxylic acid groups (broad SMARTS) is 1. The van der Waals surface area contributed by atoms with Gasteiger partial charge in [-0.05, 0) is 71.4 Å². The highest BCUT2D eigenvalue weighted by molar-refractivity contribution is 5.99. The average Bonchev–Trinajstić information content (AvgIpc) is 2.87. The number of amides is 1. The summed E-state index contributed by atoms with van der Waals surface area (Å²) in [6.45, 7) is 12.4. The molecule has 0 aliphatic heterocycles. The Kier molecular flexibility index (Phi) is 8.34. The molecule has 1 atom stereocenters. The van der Waals surface area contributed by atoms with Crippen molar-refractivity contribution >= 4 is 22.6 Å². The molecular weight excluding hydrogens is 488 g/mol. The van der Waals surface area contributed by atoms with E-state index in [1.807, 2.05) is 51.1 Å². The van der Waals surface area contributed by atoms with E-state index in [9.17, 15) is 14.7 Å². The minimum Gasteiger partial charge on any atom is -0.480 e. The number of rotatable bonds is 7. The van der Waals surface area contributed by atoms with Gasteiger partial charge in [0.25, 0.3) is 5.91 Å². The number of fused-ring (bicyclic) bond motifs is 1. The number of benzene rings is 2. The molecule has 208 valence electrons. The van der Waals surface area contributed by atoms with Gasteiger partial charge >= 0.3 is 5.97 Å². The lowest BCUT2D eigenvalue weighted by Crippen LogP contribution is -2.43. The van der Waals surface area contributed by atoms with Crippen LogP contribution in [0.1, 0.15) is 108 Å². The minimum absolute atomic E-state index is 0.0727. The maximum absolute atomic E-state index is 13.3. The number of nitrogens with one attached hydrogen (secondary N) is 1. The van der Waals surface area contributed by atoms with Crippen molar-refractivity contribution in [3.05, 3.63) is 65.5 Å². The Morgan fingerprint density at radius 3 is 2.18 bits per heavy atom. The van der Waals surface area contributed by atoms with Gasteiger partial charge in [-0.3, -0.25) is 4.79 Å². The van der Waals surface area contributed by atoms with Crippen molar-refractivity contribution in [2.24, 2.45) is 5.41 Å². The number of ether oxygens (including phenoxy) is 1. The van der Waals surface area contributed by atoms with Gasteiger partial charge in [-0.25, -0.2) is 9.78 Å². The Labute approximate surface area is 232 Å². The number of carbonyl (C=O) groups excluding carboxylic acids is 1. The maximum atomic E-state index is 13.3. The molecule has 1 aromatic heterocycles. The van der Waals surface area contributed by atoms with Crippen molar-refractivity contribution in [3.8, 4) is 11.5 Å². The molecule has 4 rings (SSSR count). The Morgan fingerprint density at radius 2 is 1.59 bits per heavy atom. The summed E-state index contributed by atoms with van der Waals surface area (Å²) in [5.41, 5.74) is 2.23. The zero-order valence-corrected chi connectivity index (χ0v) is 24.1. The molecule has 0 spiro atoms. The highest BCUT2D eigenvalue weighted by Gasteiger charge is 2.28. The first-order valence-electron chi connectivity index (χ1n) is 14.1. The first kappa shape index (κ1) is 28.6. The quantitative estimate of drug-likeness (QED) is 0.323. The third kappa shape index (κ3) is 7.37. The number of aliphatic carboxylic acids is 1. The second kappa shape index (κ2) is 11.4. The molecule has 1 fully saturated rings. The summed E-state index contributed by atoms with van der Waals surface area (Å²) in [5.74, 6) is 0.246. The molecule has 1 heterocycles. The first-order chi connectivity index (χ1) is 18.3. The van der Waals surface area contributed by atoms with E-state index in [0.29, 0.717) is 6.42 Å². The molecule has 0 bridgehead atoms. The van der Waals surface area contributed by atoms with Crippen LogP contribution < -0.4 is 10.1 Å². The van der Waals surface area contributed by atoms with Gasteiger partial charge in [-0.15, -0.1) is 0 Å². The summed E-state index contributed by atoms with van der Waals surface area (Å²) >= 11 is 0. The van der Waals surface area contributed by atoms with E-state index in [4.69, 9.17) is 9.72 Å². The summed E-state index contributed by atoms with van der Waals surface area (Å²) in [4.78, 5) is 30.0. The largest absolute Gasteiger partial charge is 0.480 e. The predicted molar refractivity (Wildman–Crippen MR) is 156 cm³/mol. The summed E-state index contributed by atoms with van der Waals surface area (Å²) in [6, 6.07) is 14.9. The average molecular weight is 531 g/mol. The van der Waals surface area contributed by atoms with Crippen molar-refractivity contribution in [3.63, 3.8) is 0 Å². The number of pyridine rings is 1. The molecule has 6 heteroatoms. The smallest absolute Gasteiger partial charge is 0.326 e. The standard InChI is InChI=1S/C33H42N2O4/c1-32(2,3)20-28(31(37)38)35-30(36)27-18-22-12-15-25(39-24-16-13-23(14-17-24)33(4,5)6)19-26(22)29(34-27)21-10-8-7-9-11-21/h12-19,21,28H,7-11,20H2,1-6H3,(H,35,36)(H,37,38)/t28-/m0/s1.